The number of sulfonamides is 1. The zero-order chi connectivity index (χ0) is 19.6. The molecule has 1 aromatic heterocycles. The van der Waals surface area contributed by atoms with Gasteiger partial charge in [-0.25, -0.2) is 13.4 Å². The van der Waals surface area contributed by atoms with Gasteiger partial charge in [-0.15, -0.1) is 11.3 Å². The maximum Gasteiger partial charge on any atom is 0.243 e. The third kappa shape index (κ3) is 4.22. The topological polar surface area (TPSA) is 53.5 Å². The second-order valence-corrected chi connectivity index (χ2v) is 9.84. The zero-order valence-electron chi connectivity index (χ0n) is 15.2. The molecule has 3 aromatic rings. The average molecular weight is 434 g/mol. The predicted molar refractivity (Wildman–Crippen MR) is 114 cm³/mol. The van der Waals surface area contributed by atoms with Crippen molar-refractivity contribution in [3.63, 3.8) is 0 Å². The number of hydrogen-bond acceptors (Lipinski definition) is 5. The number of benzene rings is 2. The van der Waals surface area contributed by atoms with Crippen LogP contribution in [0.1, 0.15) is 11.3 Å². The molecule has 4 rings (SSSR count). The van der Waals surface area contributed by atoms with E-state index in [4.69, 9.17) is 16.6 Å². The fourth-order valence-electron chi connectivity index (χ4n) is 3.22. The van der Waals surface area contributed by atoms with Gasteiger partial charge in [0.2, 0.25) is 10.0 Å². The molecule has 5 nitrogen and oxygen atoms in total. The van der Waals surface area contributed by atoms with E-state index in [1.54, 1.807) is 29.5 Å². The number of anilines is 1. The Morgan fingerprint density at radius 1 is 1.00 bits per heavy atom. The van der Waals surface area contributed by atoms with Gasteiger partial charge < -0.3 is 4.90 Å². The van der Waals surface area contributed by atoms with Gasteiger partial charge in [0.15, 0.2) is 5.13 Å². The Hall–Kier alpha value is -1.93. The van der Waals surface area contributed by atoms with Crippen molar-refractivity contribution in [3.8, 4) is 0 Å². The minimum absolute atomic E-state index is 0.243. The minimum Gasteiger partial charge on any atom is -0.345 e. The second-order valence-electron chi connectivity index (χ2n) is 6.63. The van der Waals surface area contributed by atoms with Crippen LogP contribution < -0.4 is 4.90 Å². The lowest BCUT2D eigenvalue weighted by Gasteiger charge is -2.33. The molecule has 146 valence electrons. The van der Waals surface area contributed by atoms with Gasteiger partial charge in [-0.05, 0) is 23.8 Å². The van der Waals surface area contributed by atoms with E-state index in [0.717, 1.165) is 17.2 Å². The summed E-state index contributed by atoms with van der Waals surface area (Å²) >= 11 is 7.57. The molecule has 2 aromatic carbocycles. The Morgan fingerprint density at radius 3 is 2.46 bits per heavy atom. The Bertz CT molecular complexity index is 1050. The average Bonchev–Trinajstić information content (AvgIpc) is 3.17. The van der Waals surface area contributed by atoms with Crippen LogP contribution >= 0.6 is 22.9 Å². The van der Waals surface area contributed by atoms with Crippen LogP contribution in [0.4, 0.5) is 5.13 Å². The van der Waals surface area contributed by atoms with E-state index >= 15 is 0 Å². The van der Waals surface area contributed by atoms with Crippen molar-refractivity contribution in [2.75, 3.05) is 31.1 Å². The van der Waals surface area contributed by atoms with E-state index in [9.17, 15) is 8.42 Å². The number of nitrogens with zero attached hydrogens (tertiary/aromatic N) is 3. The monoisotopic (exact) mass is 433 g/mol. The lowest BCUT2D eigenvalue weighted by Crippen LogP contribution is -2.48. The van der Waals surface area contributed by atoms with E-state index in [-0.39, 0.29) is 4.90 Å². The molecule has 1 fully saturated rings. The van der Waals surface area contributed by atoms with Crippen LogP contribution in [0.2, 0.25) is 5.02 Å². The van der Waals surface area contributed by atoms with Crippen LogP contribution in [0, 0.1) is 0 Å². The number of piperazine rings is 1. The van der Waals surface area contributed by atoms with Gasteiger partial charge in [0, 0.05) is 43.0 Å². The van der Waals surface area contributed by atoms with Crippen LogP contribution in [-0.4, -0.2) is 43.9 Å². The third-order valence-electron chi connectivity index (χ3n) is 4.71. The number of rotatable bonds is 5. The van der Waals surface area contributed by atoms with E-state index in [1.165, 1.54) is 15.9 Å². The van der Waals surface area contributed by atoms with E-state index in [1.807, 2.05) is 18.2 Å². The maximum atomic E-state index is 12.8. The molecule has 8 heteroatoms. The quantitative estimate of drug-likeness (QED) is 0.612. The predicted octanol–water partition coefficient (Wildman–Crippen LogP) is 3.90. The summed E-state index contributed by atoms with van der Waals surface area (Å²) in [5.41, 5.74) is 2.27. The molecule has 0 aliphatic carbocycles. The van der Waals surface area contributed by atoms with Crippen molar-refractivity contribution in [2.24, 2.45) is 0 Å². The first-order valence-electron chi connectivity index (χ1n) is 9.01. The lowest BCUT2D eigenvalue weighted by molar-refractivity contribution is 0.384. The molecule has 28 heavy (non-hydrogen) atoms. The molecule has 0 radical (unpaired) electrons. The number of halogens is 1. The summed E-state index contributed by atoms with van der Waals surface area (Å²) in [5, 5.41) is 3.46. The smallest absolute Gasteiger partial charge is 0.243 e. The first-order chi connectivity index (χ1) is 13.5. The Morgan fingerprint density at radius 2 is 1.75 bits per heavy atom. The maximum absolute atomic E-state index is 12.8. The van der Waals surface area contributed by atoms with Crippen molar-refractivity contribution in [1.29, 1.82) is 0 Å². The molecule has 0 saturated carbocycles. The summed E-state index contributed by atoms with van der Waals surface area (Å²) in [5.74, 6) is 0. The molecule has 0 amide bonds. The SMILES string of the molecule is O=S(=O)(c1cccc(Cl)c1)N1CCN(c2nc(Cc3ccccc3)cs2)CC1. The molecule has 1 aliphatic heterocycles. The third-order valence-corrected chi connectivity index (χ3v) is 7.79. The molecule has 2 heterocycles. The standard InChI is InChI=1S/C20H20ClN3O2S2/c21-17-7-4-8-19(14-17)28(25,26)24-11-9-23(10-12-24)20-22-18(15-27-20)13-16-5-2-1-3-6-16/h1-8,14-15H,9-13H2. The fraction of sp³-hybridized carbons (Fsp3) is 0.250. The summed E-state index contributed by atoms with van der Waals surface area (Å²) in [6.07, 6.45) is 0.806. The van der Waals surface area contributed by atoms with Crippen molar-refractivity contribution in [3.05, 3.63) is 76.3 Å². The first kappa shape index (κ1) is 19.4. The molecule has 0 unspecified atom stereocenters. The van der Waals surface area contributed by atoms with Crippen LogP contribution in [0.5, 0.6) is 0 Å². The molecule has 0 spiro atoms. The highest BCUT2D eigenvalue weighted by molar-refractivity contribution is 7.89. The van der Waals surface area contributed by atoms with Gasteiger partial charge in [-0.1, -0.05) is 48.0 Å². The Kier molecular flexibility index (Phi) is 5.68. The number of hydrogen-bond donors (Lipinski definition) is 0. The van der Waals surface area contributed by atoms with E-state index < -0.39 is 10.0 Å². The van der Waals surface area contributed by atoms with Gasteiger partial charge in [-0.2, -0.15) is 4.31 Å². The highest BCUT2D eigenvalue weighted by Gasteiger charge is 2.29. The molecule has 0 N–H and O–H groups in total. The largest absolute Gasteiger partial charge is 0.345 e. The highest BCUT2D eigenvalue weighted by atomic mass is 35.5. The Balaban J connectivity index is 1.40. The summed E-state index contributed by atoms with van der Waals surface area (Å²) in [7, 11) is -3.52. The van der Waals surface area contributed by atoms with Gasteiger partial charge in [-0.3, -0.25) is 0 Å². The molecule has 0 atom stereocenters. The number of aromatic nitrogens is 1. The zero-order valence-corrected chi connectivity index (χ0v) is 17.6. The molecule has 0 bridgehead atoms. The van der Waals surface area contributed by atoms with Crippen LogP contribution in [0.15, 0.2) is 64.9 Å². The van der Waals surface area contributed by atoms with Crippen molar-refractivity contribution in [2.45, 2.75) is 11.3 Å². The van der Waals surface area contributed by atoms with Crippen LogP contribution in [0.25, 0.3) is 0 Å². The molecular weight excluding hydrogens is 414 g/mol. The highest BCUT2D eigenvalue weighted by Crippen LogP contribution is 2.26. The first-order valence-corrected chi connectivity index (χ1v) is 11.7. The second kappa shape index (κ2) is 8.21. The van der Waals surface area contributed by atoms with Crippen molar-refractivity contribution >= 4 is 38.1 Å². The number of thiazole rings is 1. The normalized spacial score (nSPS) is 15.7. The fourth-order valence-corrected chi connectivity index (χ4v) is 5.83. The van der Waals surface area contributed by atoms with Crippen LogP contribution in [0.3, 0.4) is 0 Å². The van der Waals surface area contributed by atoms with Crippen molar-refractivity contribution in [1.82, 2.24) is 9.29 Å². The van der Waals surface area contributed by atoms with Gasteiger partial charge in [0.05, 0.1) is 10.6 Å². The molecule has 1 aliphatic rings. The summed E-state index contributed by atoms with van der Waals surface area (Å²) in [4.78, 5) is 7.14. The van der Waals surface area contributed by atoms with Crippen LogP contribution in [-0.2, 0) is 16.4 Å². The van der Waals surface area contributed by atoms with Gasteiger partial charge >= 0.3 is 0 Å². The summed E-state index contributed by atoms with van der Waals surface area (Å²) < 4.78 is 27.2. The van der Waals surface area contributed by atoms with Crippen molar-refractivity contribution < 1.29 is 8.42 Å². The summed E-state index contributed by atoms with van der Waals surface area (Å²) in [6, 6.07) is 16.7. The van der Waals surface area contributed by atoms with Gasteiger partial charge in [0.25, 0.3) is 0 Å². The Labute approximate surface area is 174 Å². The molecular formula is C20H20ClN3O2S2. The minimum atomic E-state index is -3.52. The van der Waals surface area contributed by atoms with E-state index in [0.29, 0.717) is 31.2 Å². The molecule has 1 saturated heterocycles. The lowest BCUT2D eigenvalue weighted by atomic mass is 10.1. The summed E-state index contributed by atoms with van der Waals surface area (Å²) in [6.45, 7) is 2.11. The van der Waals surface area contributed by atoms with E-state index in [2.05, 4.69) is 22.4 Å². The van der Waals surface area contributed by atoms with Gasteiger partial charge in [0.1, 0.15) is 0 Å².